The second-order valence-corrected chi connectivity index (χ2v) is 6.36. The number of rotatable bonds is 2. The summed E-state index contributed by atoms with van der Waals surface area (Å²) in [6.45, 7) is 3.54. The van der Waals surface area contributed by atoms with Crippen molar-refractivity contribution >= 4 is 23.6 Å². The van der Waals surface area contributed by atoms with E-state index in [1.807, 2.05) is 0 Å². The van der Waals surface area contributed by atoms with Crippen LogP contribution in [0, 0.1) is 0 Å². The Balaban J connectivity index is 2.01. The molecule has 1 heterocycles. The van der Waals surface area contributed by atoms with Crippen molar-refractivity contribution in [1.82, 2.24) is 9.80 Å². The van der Waals surface area contributed by atoms with Gasteiger partial charge in [-0.2, -0.15) is 13.2 Å². The number of nitrogens with zero attached hydrogens (tertiary/aromatic N) is 2. The number of halogens is 3. The van der Waals surface area contributed by atoms with E-state index in [0.717, 1.165) is 0 Å². The fourth-order valence-corrected chi connectivity index (χ4v) is 2.96. The van der Waals surface area contributed by atoms with Crippen molar-refractivity contribution in [1.29, 1.82) is 0 Å². The van der Waals surface area contributed by atoms with Crippen LogP contribution in [-0.2, 0) is 4.79 Å². The van der Waals surface area contributed by atoms with Gasteiger partial charge >= 0.3 is 5.51 Å². The average Bonchev–Trinajstić information content (AvgIpc) is 2.71. The molecule has 1 aromatic carbocycles. The molecule has 0 bridgehead atoms. The Morgan fingerprint density at radius 3 is 2.13 bits per heavy atom. The molecule has 8 heteroatoms. The summed E-state index contributed by atoms with van der Waals surface area (Å²) < 4.78 is 36.9. The van der Waals surface area contributed by atoms with Gasteiger partial charge in [0.2, 0.25) is 5.91 Å². The summed E-state index contributed by atoms with van der Waals surface area (Å²) in [6, 6.07) is 5.41. The monoisotopic (exact) mass is 346 g/mol. The first-order chi connectivity index (χ1) is 10.8. The number of benzene rings is 1. The van der Waals surface area contributed by atoms with Crippen LogP contribution < -0.4 is 0 Å². The Bertz CT molecular complexity index is 575. The lowest BCUT2D eigenvalue weighted by atomic mass is 10.2. The normalized spacial score (nSPS) is 16.2. The number of amides is 2. The molecule has 1 fully saturated rings. The van der Waals surface area contributed by atoms with Gasteiger partial charge in [0.25, 0.3) is 5.91 Å². The predicted octanol–water partition coefficient (Wildman–Crippen LogP) is 2.99. The summed E-state index contributed by atoms with van der Waals surface area (Å²) in [5.74, 6) is -0.244. The molecule has 0 spiro atoms. The van der Waals surface area contributed by atoms with Gasteiger partial charge in [0, 0.05) is 43.6 Å². The second kappa shape index (κ2) is 7.25. The molecule has 2 rings (SSSR count). The minimum absolute atomic E-state index is 0.0205. The quantitative estimate of drug-likeness (QED) is 0.773. The maximum atomic E-state index is 12.4. The van der Waals surface area contributed by atoms with Crippen LogP contribution >= 0.6 is 11.8 Å². The maximum Gasteiger partial charge on any atom is 0.446 e. The zero-order chi connectivity index (χ0) is 17.0. The third-order valence-electron chi connectivity index (χ3n) is 3.56. The molecule has 23 heavy (non-hydrogen) atoms. The molecular formula is C15H17F3N2O2S. The molecule has 0 saturated carbocycles. The van der Waals surface area contributed by atoms with Crippen LogP contribution in [0.4, 0.5) is 13.2 Å². The molecule has 0 radical (unpaired) electrons. The summed E-state index contributed by atoms with van der Waals surface area (Å²) in [5, 5.41) is 0. The van der Waals surface area contributed by atoms with E-state index >= 15 is 0 Å². The summed E-state index contributed by atoms with van der Waals surface area (Å²) in [5.41, 5.74) is -3.99. The van der Waals surface area contributed by atoms with Gasteiger partial charge in [0.15, 0.2) is 0 Å². The summed E-state index contributed by atoms with van der Waals surface area (Å²) in [4.78, 5) is 27.2. The van der Waals surface area contributed by atoms with Crippen molar-refractivity contribution < 1.29 is 22.8 Å². The van der Waals surface area contributed by atoms with Crippen LogP contribution in [0.2, 0.25) is 0 Å². The van der Waals surface area contributed by atoms with Crippen LogP contribution in [0.5, 0.6) is 0 Å². The first kappa shape index (κ1) is 17.7. The highest BCUT2D eigenvalue weighted by molar-refractivity contribution is 8.00. The third-order valence-corrected chi connectivity index (χ3v) is 4.30. The Hall–Kier alpha value is -1.70. The van der Waals surface area contributed by atoms with E-state index in [-0.39, 0.29) is 28.5 Å². The summed E-state index contributed by atoms with van der Waals surface area (Å²) in [7, 11) is 0. The first-order valence-corrected chi connectivity index (χ1v) is 7.98. The first-order valence-electron chi connectivity index (χ1n) is 7.17. The van der Waals surface area contributed by atoms with Gasteiger partial charge in [-0.25, -0.2) is 0 Å². The van der Waals surface area contributed by atoms with Gasteiger partial charge in [0.1, 0.15) is 0 Å². The van der Waals surface area contributed by atoms with Crippen LogP contribution in [0.15, 0.2) is 29.2 Å². The topological polar surface area (TPSA) is 40.6 Å². The van der Waals surface area contributed by atoms with Crippen LogP contribution in [-0.4, -0.2) is 53.3 Å². The van der Waals surface area contributed by atoms with Crippen molar-refractivity contribution in [3.8, 4) is 0 Å². The van der Waals surface area contributed by atoms with Gasteiger partial charge in [-0.15, -0.1) is 0 Å². The molecule has 0 atom stereocenters. The lowest BCUT2D eigenvalue weighted by Gasteiger charge is -2.21. The largest absolute Gasteiger partial charge is 0.446 e. The lowest BCUT2D eigenvalue weighted by Crippen LogP contribution is -2.36. The average molecular weight is 346 g/mol. The third kappa shape index (κ3) is 5.16. The van der Waals surface area contributed by atoms with E-state index in [0.29, 0.717) is 38.2 Å². The number of carbonyl (C=O) groups excluding carboxylic acids is 2. The smallest absolute Gasteiger partial charge is 0.341 e. The highest BCUT2D eigenvalue weighted by Gasteiger charge is 2.29. The molecule has 1 aromatic rings. The molecule has 0 aromatic heterocycles. The zero-order valence-electron chi connectivity index (χ0n) is 12.6. The lowest BCUT2D eigenvalue weighted by molar-refractivity contribution is -0.128. The fraction of sp³-hybridized carbons (Fsp3) is 0.467. The van der Waals surface area contributed by atoms with Crippen LogP contribution in [0.25, 0.3) is 0 Å². The van der Waals surface area contributed by atoms with Gasteiger partial charge < -0.3 is 9.80 Å². The molecule has 1 aliphatic heterocycles. The number of hydrogen-bond donors (Lipinski definition) is 0. The molecule has 1 aliphatic rings. The molecule has 0 N–H and O–H groups in total. The van der Waals surface area contributed by atoms with Crippen LogP contribution in [0.1, 0.15) is 23.7 Å². The molecule has 0 aliphatic carbocycles. The number of thioether (sulfide) groups is 1. The van der Waals surface area contributed by atoms with Crippen molar-refractivity contribution in [2.45, 2.75) is 23.7 Å². The molecule has 2 amide bonds. The minimum atomic E-state index is -4.34. The van der Waals surface area contributed by atoms with E-state index in [2.05, 4.69) is 0 Å². The molecule has 4 nitrogen and oxygen atoms in total. The minimum Gasteiger partial charge on any atom is -0.341 e. The molecule has 126 valence electrons. The summed E-state index contributed by atoms with van der Waals surface area (Å²) >= 11 is -0.205. The number of alkyl halides is 3. The SMILES string of the molecule is CC(=O)N1CCCN(C(=O)c2ccc(SC(F)(F)F)cc2)CC1. The Morgan fingerprint density at radius 1 is 1.00 bits per heavy atom. The van der Waals surface area contributed by atoms with E-state index in [9.17, 15) is 22.8 Å². The summed E-state index contributed by atoms with van der Waals surface area (Å²) in [6.07, 6.45) is 0.688. The van der Waals surface area contributed by atoms with E-state index in [1.165, 1.54) is 31.2 Å². The molecule has 1 saturated heterocycles. The standard InChI is InChI=1S/C15H17F3N2O2S/c1-11(21)19-7-2-8-20(10-9-19)14(22)12-3-5-13(6-4-12)23-15(16,17)18/h3-6H,2,7-10H2,1H3. The van der Waals surface area contributed by atoms with E-state index in [1.54, 1.807) is 9.80 Å². The predicted molar refractivity (Wildman–Crippen MR) is 81.1 cm³/mol. The molecule has 0 unspecified atom stereocenters. The zero-order valence-corrected chi connectivity index (χ0v) is 13.4. The Kier molecular flexibility index (Phi) is 5.56. The van der Waals surface area contributed by atoms with Crippen molar-refractivity contribution in [3.05, 3.63) is 29.8 Å². The van der Waals surface area contributed by atoms with Gasteiger partial charge in [-0.05, 0) is 42.4 Å². The van der Waals surface area contributed by atoms with Crippen LogP contribution in [0.3, 0.4) is 0 Å². The molecular weight excluding hydrogens is 329 g/mol. The second-order valence-electron chi connectivity index (χ2n) is 5.22. The fourth-order valence-electron chi connectivity index (χ4n) is 2.42. The van der Waals surface area contributed by atoms with Crippen molar-refractivity contribution in [2.75, 3.05) is 26.2 Å². The van der Waals surface area contributed by atoms with E-state index in [4.69, 9.17) is 0 Å². The van der Waals surface area contributed by atoms with Gasteiger partial charge in [-0.3, -0.25) is 9.59 Å². The highest BCUT2D eigenvalue weighted by Crippen LogP contribution is 2.36. The number of carbonyl (C=O) groups is 2. The Labute approximate surface area is 136 Å². The Morgan fingerprint density at radius 2 is 1.57 bits per heavy atom. The van der Waals surface area contributed by atoms with Crippen molar-refractivity contribution in [2.24, 2.45) is 0 Å². The highest BCUT2D eigenvalue weighted by atomic mass is 32.2. The maximum absolute atomic E-state index is 12.4. The van der Waals surface area contributed by atoms with Crippen molar-refractivity contribution in [3.63, 3.8) is 0 Å². The van der Waals surface area contributed by atoms with Gasteiger partial charge in [-0.1, -0.05) is 0 Å². The van der Waals surface area contributed by atoms with Gasteiger partial charge in [0.05, 0.1) is 0 Å². The van der Waals surface area contributed by atoms with E-state index < -0.39 is 5.51 Å². The number of hydrogen-bond acceptors (Lipinski definition) is 3.